The van der Waals surface area contributed by atoms with Crippen molar-refractivity contribution in [1.29, 1.82) is 0 Å². The molecule has 0 saturated heterocycles. The van der Waals surface area contributed by atoms with Crippen LogP contribution in [0.5, 0.6) is 28.7 Å². The maximum absolute atomic E-state index is 6.15. The summed E-state index contributed by atoms with van der Waals surface area (Å²) in [6.07, 6.45) is 19.9. The lowest BCUT2D eigenvalue weighted by atomic mass is 10.00. The quantitative estimate of drug-likeness (QED) is 0.0598. The van der Waals surface area contributed by atoms with E-state index in [9.17, 15) is 0 Å². The van der Waals surface area contributed by atoms with E-state index in [1.165, 1.54) is 32.7 Å². The SMILES string of the molecule is CN(C)CC1Cc2cc(-c3cccs3)c(N)cc2O1.CN(C)CC1Cc2cc(-c3nccs3)c(N)cc2O1.CN(C)CC1Cc2cc(C3C=CC=N3)c(N)cc2O1.CN(C)CC1Cc2cc(C3N=CC=N3)c(N)cc2O1.CN(C)CC1Cc2cc(C3N=CC=N3)c(N)cc2O1. The number of hydrogen-bond donors (Lipinski definition) is 5. The smallest absolute Gasteiger partial charge is 0.167 e. The summed E-state index contributed by atoms with van der Waals surface area (Å²) in [4.78, 5) is 37.8. The molecule has 8 aliphatic heterocycles. The van der Waals surface area contributed by atoms with Crippen molar-refractivity contribution in [3.63, 3.8) is 0 Å². The lowest BCUT2D eigenvalue weighted by Crippen LogP contribution is -2.29. The van der Waals surface area contributed by atoms with Gasteiger partial charge in [0.2, 0.25) is 0 Å². The molecule has 0 radical (unpaired) electrons. The van der Waals surface area contributed by atoms with Gasteiger partial charge in [-0.25, -0.2) is 4.98 Å². The minimum Gasteiger partial charge on any atom is -0.488 e. The molecule has 23 heteroatoms. The molecule has 6 atom stereocenters. The molecule has 500 valence electrons. The first kappa shape index (κ1) is 67.7. The molecule has 10 N–H and O–H groups in total. The second-order valence-electron chi connectivity index (χ2n) is 26.3. The number of ether oxygens (including phenoxy) is 5. The Balaban J connectivity index is 0.000000121. The number of benzene rings is 5. The number of anilines is 5. The number of nitrogen functional groups attached to an aromatic ring is 5. The first-order chi connectivity index (χ1) is 45.7. The Hall–Kier alpha value is -8.68. The van der Waals surface area contributed by atoms with Crippen molar-refractivity contribution >= 4 is 82.2 Å². The van der Waals surface area contributed by atoms with Gasteiger partial charge in [-0.2, -0.15) is 0 Å². The van der Waals surface area contributed by atoms with Crippen molar-refractivity contribution in [2.75, 3.05) is 132 Å². The predicted molar refractivity (Wildman–Crippen MR) is 392 cm³/mol. The van der Waals surface area contributed by atoms with Crippen LogP contribution in [0.25, 0.3) is 21.0 Å². The summed E-state index contributed by atoms with van der Waals surface area (Å²) in [5, 5.41) is 5.01. The molecule has 10 heterocycles. The van der Waals surface area contributed by atoms with Crippen molar-refractivity contribution in [3.05, 3.63) is 146 Å². The summed E-state index contributed by atoms with van der Waals surface area (Å²) in [6.45, 7) is 4.59. The summed E-state index contributed by atoms with van der Waals surface area (Å²) in [7, 11) is 20.6. The first-order valence-corrected chi connectivity index (χ1v) is 33.8. The Morgan fingerprint density at radius 3 is 1.11 bits per heavy atom. The van der Waals surface area contributed by atoms with Crippen LogP contribution in [0.4, 0.5) is 28.4 Å². The molecule has 5 aromatic carbocycles. The molecule has 15 rings (SSSR count). The third-order valence-electron chi connectivity index (χ3n) is 16.8. The number of rotatable bonds is 15. The number of likely N-dealkylation sites (N-methyl/N-ethyl adjacent to an activating group) is 5. The Labute approximate surface area is 566 Å². The van der Waals surface area contributed by atoms with E-state index in [2.05, 4.69) is 151 Å². The van der Waals surface area contributed by atoms with Gasteiger partial charge in [0.25, 0.3) is 0 Å². The Bertz CT molecular complexity index is 3620. The molecule has 0 amide bonds. The van der Waals surface area contributed by atoms with E-state index in [1.54, 1.807) is 53.7 Å². The standard InChI is InChI=1S/C15H19N3O.C15H18N2OS.2C14H18N4O.C14H17N3OS/c1-18(2)9-11-6-10-7-12(14-4-3-5-17-14)13(16)8-15(10)19-11;1-17(2)9-11-6-10-7-12(15-4-3-5-19-15)13(16)8-14(10)18-11;2*1-18(2)8-10-5-9-6-11(14-16-3-4-17-14)12(15)7-13(9)19-10;1-17(2)8-10-5-9-6-11(14-16-3-4-19-14)12(15)7-13(9)18-10/h3-5,7-8,11,14H,6,9,16H2,1-2H3;3-5,7-8,11H,6,9,16H2,1-2H3;2*3-4,6-7,10,14H,5,8,15H2,1-2H3;3-4,6-7,10H,5,8,15H2,1-2H3. The maximum Gasteiger partial charge on any atom is 0.167 e. The molecular weight excluding hydrogens is 1230 g/mol. The molecule has 95 heavy (non-hydrogen) atoms. The van der Waals surface area contributed by atoms with Gasteiger partial charge in [0.1, 0.15) is 64.3 Å². The number of nitrogens with zero attached hydrogens (tertiary/aromatic N) is 11. The van der Waals surface area contributed by atoms with Gasteiger partial charge in [-0.3, -0.25) is 25.0 Å². The van der Waals surface area contributed by atoms with Gasteiger partial charge in [0.15, 0.2) is 12.3 Å². The van der Waals surface area contributed by atoms with Crippen molar-refractivity contribution in [2.24, 2.45) is 25.0 Å². The lowest BCUT2D eigenvalue weighted by Gasteiger charge is -2.15. The van der Waals surface area contributed by atoms with Crippen LogP contribution in [0.15, 0.2) is 127 Å². The topological polar surface area (TPSA) is 267 Å². The molecule has 0 bridgehead atoms. The molecule has 0 aliphatic carbocycles. The maximum atomic E-state index is 6.15. The van der Waals surface area contributed by atoms with E-state index in [0.29, 0.717) is 11.4 Å². The van der Waals surface area contributed by atoms with Gasteiger partial charge in [0.05, 0.1) is 6.04 Å². The average Bonchev–Trinajstić information content (AvgIpc) is 1.73. The summed E-state index contributed by atoms with van der Waals surface area (Å²) >= 11 is 3.32. The number of thiazole rings is 1. The lowest BCUT2D eigenvalue weighted by molar-refractivity contribution is 0.184. The molecule has 2 aromatic heterocycles. The summed E-state index contributed by atoms with van der Waals surface area (Å²) in [5.74, 6) is 4.60. The molecule has 6 unspecified atom stereocenters. The molecule has 0 fully saturated rings. The van der Waals surface area contributed by atoms with Crippen LogP contribution in [-0.4, -0.2) is 194 Å². The minimum absolute atomic E-state index is 0.0678. The van der Waals surface area contributed by atoms with Crippen molar-refractivity contribution in [2.45, 2.75) is 81.0 Å². The van der Waals surface area contributed by atoms with Crippen molar-refractivity contribution in [1.82, 2.24) is 29.5 Å². The minimum atomic E-state index is -0.182. The molecule has 0 spiro atoms. The van der Waals surface area contributed by atoms with E-state index in [0.717, 1.165) is 143 Å². The van der Waals surface area contributed by atoms with Crippen LogP contribution < -0.4 is 52.4 Å². The molecule has 8 aliphatic rings. The van der Waals surface area contributed by atoms with E-state index in [4.69, 9.17) is 52.4 Å². The number of allylic oxidation sites excluding steroid dienone is 1. The zero-order valence-electron chi connectivity index (χ0n) is 56.1. The Kier molecular flexibility index (Phi) is 21.7. The van der Waals surface area contributed by atoms with Crippen LogP contribution in [0.2, 0.25) is 0 Å². The number of hydrogen-bond acceptors (Lipinski definition) is 23. The van der Waals surface area contributed by atoms with E-state index in [1.807, 2.05) is 76.2 Å². The van der Waals surface area contributed by atoms with Gasteiger partial charge < -0.3 is 76.9 Å². The predicted octanol–water partition coefficient (Wildman–Crippen LogP) is 9.51. The number of fused-ring (bicyclic) bond motifs is 5. The number of aromatic nitrogens is 1. The van der Waals surface area contributed by atoms with Crippen molar-refractivity contribution in [3.8, 4) is 49.8 Å². The summed E-state index contributed by atoms with van der Waals surface area (Å²) in [6, 6.07) is 24.5. The van der Waals surface area contributed by atoms with Gasteiger partial charge in [-0.15, -0.1) is 22.7 Å². The monoisotopic (exact) mass is 1320 g/mol. The van der Waals surface area contributed by atoms with Gasteiger partial charge in [-0.05, 0) is 146 Å². The fourth-order valence-electron chi connectivity index (χ4n) is 12.8. The first-order valence-electron chi connectivity index (χ1n) is 32.1. The second-order valence-corrected chi connectivity index (χ2v) is 28.1. The largest absolute Gasteiger partial charge is 0.488 e. The third kappa shape index (κ3) is 17.1. The third-order valence-corrected chi connectivity index (χ3v) is 18.5. The van der Waals surface area contributed by atoms with E-state index >= 15 is 0 Å². The van der Waals surface area contributed by atoms with Gasteiger partial charge >= 0.3 is 0 Å². The zero-order valence-corrected chi connectivity index (χ0v) is 57.7. The van der Waals surface area contributed by atoms with Gasteiger partial charge in [0, 0.05) is 199 Å². The number of thiophene rings is 1. The highest BCUT2D eigenvalue weighted by Gasteiger charge is 2.31. The highest BCUT2D eigenvalue weighted by Crippen LogP contribution is 2.43. The normalized spacial score (nSPS) is 20.2. The molecule has 0 saturated carbocycles. The fourth-order valence-corrected chi connectivity index (χ4v) is 14.2. The highest BCUT2D eigenvalue weighted by atomic mass is 32.1. The van der Waals surface area contributed by atoms with E-state index < -0.39 is 0 Å². The molecular formula is C72H90N16O5S2. The van der Waals surface area contributed by atoms with Crippen LogP contribution in [0.1, 0.15) is 62.9 Å². The molecule has 21 nitrogen and oxygen atoms in total. The number of nitrogens with two attached hydrogens (primary N) is 5. The summed E-state index contributed by atoms with van der Waals surface area (Å²) < 4.78 is 29.7. The molecule has 7 aromatic rings. The van der Waals surface area contributed by atoms with Crippen LogP contribution in [-0.2, 0) is 32.1 Å². The Morgan fingerprint density at radius 2 is 0.758 bits per heavy atom. The average molecular weight is 1320 g/mol. The number of aliphatic imine (C=N–C) groups is 5. The van der Waals surface area contributed by atoms with E-state index in [-0.39, 0.29) is 48.9 Å². The van der Waals surface area contributed by atoms with Crippen molar-refractivity contribution < 1.29 is 23.7 Å². The van der Waals surface area contributed by atoms with Crippen LogP contribution in [0.3, 0.4) is 0 Å². The Morgan fingerprint density at radius 1 is 0.400 bits per heavy atom. The fraction of sp³-hybridized carbons (Fsp3) is 0.389. The second kappa shape index (κ2) is 30.4. The van der Waals surface area contributed by atoms with Gasteiger partial charge in [-0.1, -0.05) is 12.1 Å². The van der Waals surface area contributed by atoms with Crippen LogP contribution >= 0.6 is 22.7 Å². The highest BCUT2D eigenvalue weighted by molar-refractivity contribution is 7.13. The summed E-state index contributed by atoms with van der Waals surface area (Å²) in [5.41, 5.74) is 45.5. The zero-order chi connectivity index (χ0) is 67.0. The van der Waals surface area contributed by atoms with Crippen LogP contribution in [0, 0.1) is 0 Å².